The summed E-state index contributed by atoms with van der Waals surface area (Å²) in [5.74, 6) is 0. The molecule has 2 nitrogen and oxygen atoms in total. The van der Waals surface area contributed by atoms with Gasteiger partial charge < -0.3 is 0 Å². The molecule has 0 fully saturated rings. The van der Waals surface area contributed by atoms with Gasteiger partial charge in [-0.2, -0.15) is 5.10 Å². The van der Waals surface area contributed by atoms with Crippen LogP contribution in [0.2, 0.25) is 0 Å². The van der Waals surface area contributed by atoms with Crippen molar-refractivity contribution in [3.8, 4) is 5.69 Å². The van der Waals surface area contributed by atoms with Crippen molar-refractivity contribution in [3.05, 3.63) is 48.3 Å². The largest absolute Gasteiger partial charge is 0.238 e. The Hall–Kier alpha value is -1.57. The first kappa shape index (κ1) is 9.00. The minimum atomic E-state index is 1.08. The molecule has 0 aliphatic heterocycles. The highest BCUT2D eigenvalue weighted by atomic mass is 15.3. The highest BCUT2D eigenvalue weighted by Crippen LogP contribution is 2.10. The number of aryl methyl sites for hydroxylation is 1. The molecule has 0 amide bonds. The van der Waals surface area contributed by atoms with Gasteiger partial charge in [-0.15, -0.1) is 0 Å². The Labute approximate surface area is 84.2 Å². The molecule has 0 radical (unpaired) electrons. The van der Waals surface area contributed by atoms with Crippen LogP contribution in [0.1, 0.15) is 19.0 Å². The number of nitrogens with zero attached hydrogens (tertiary/aromatic N) is 2. The van der Waals surface area contributed by atoms with E-state index in [1.807, 2.05) is 29.1 Å². The van der Waals surface area contributed by atoms with Gasteiger partial charge in [-0.25, -0.2) is 4.68 Å². The monoisotopic (exact) mass is 186 g/mol. The number of para-hydroxylation sites is 1. The topological polar surface area (TPSA) is 17.8 Å². The van der Waals surface area contributed by atoms with Crippen molar-refractivity contribution < 1.29 is 0 Å². The van der Waals surface area contributed by atoms with Crippen LogP contribution in [0.5, 0.6) is 0 Å². The lowest BCUT2D eigenvalue weighted by molar-refractivity contribution is 0.775. The van der Waals surface area contributed by atoms with Gasteiger partial charge in [0.2, 0.25) is 0 Å². The van der Waals surface area contributed by atoms with Gasteiger partial charge in [0.05, 0.1) is 5.69 Å². The molecule has 1 aromatic carbocycles. The van der Waals surface area contributed by atoms with E-state index < -0.39 is 0 Å². The van der Waals surface area contributed by atoms with E-state index in [2.05, 4.69) is 30.2 Å². The Morgan fingerprint density at radius 3 is 2.64 bits per heavy atom. The van der Waals surface area contributed by atoms with Crippen LogP contribution in [0.3, 0.4) is 0 Å². The van der Waals surface area contributed by atoms with Crippen LogP contribution in [0.4, 0.5) is 0 Å². The smallest absolute Gasteiger partial charge is 0.0648 e. The van der Waals surface area contributed by atoms with E-state index in [0.29, 0.717) is 0 Å². The van der Waals surface area contributed by atoms with Gasteiger partial charge in [0.25, 0.3) is 0 Å². The summed E-state index contributed by atoms with van der Waals surface area (Å²) < 4.78 is 2.00. The molecule has 14 heavy (non-hydrogen) atoms. The van der Waals surface area contributed by atoms with E-state index in [9.17, 15) is 0 Å². The van der Waals surface area contributed by atoms with E-state index >= 15 is 0 Å². The maximum Gasteiger partial charge on any atom is 0.0648 e. The molecule has 0 aliphatic rings. The summed E-state index contributed by atoms with van der Waals surface area (Å²) >= 11 is 0. The molecular formula is C12H14N2. The van der Waals surface area contributed by atoms with E-state index in [4.69, 9.17) is 0 Å². The first-order valence-corrected chi connectivity index (χ1v) is 5.00. The quantitative estimate of drug-likeness (QED) is 0.720. The van der Waals surface area contributed by atoms with Crippen molar-refractivity contribution in [1.82, 2.24) is 9.78 Å². The fourth-order valence-corrected chi connectivity index (χ4v) is 1.58. The number of aromatic nitrogens is 2. The lowest BCUT2D eigenvalue weighted by Gasteiger charge is -2.05. The fourth-order valence-electron chi connectivity index (χ4n) is 1.58. The van der Waals surface area contributed by atoms with Gasteiger partial charge in [-0.1, -0.05) is 31.5 Å². The molecule has 0 aliphatic carbocycles. The van der Waals surface area contributed by atoms with Crippen LogP contribution >= 0.6 is 0 Å². The molecule has 1 aromatic heterocycles. The average molecular weight is 186 g/mol. The van der Waals surface area contributed by atoms with Gasteiger partial charge >= 0.3 is 0 Å². The van der Waals surface area contributed by atoms with Crippen molar-refractivity contribution in [1.29, 1.82) is 0 Å². The molecule has 2 rings (SSSR count). The lowest BCUT2D eigenvalue weighted by Crippen LogP contribution is -2.01. The second kappa shape index (κ2) is 4.09. The van der Waals surface area contributed by atoms with Gasteiger partial charge in [0, 0.05) is 11.9 Å². The minimum absolute atomic E-state index is 1.08. The molecule has 2 aromatic rings. The number of rotatable bonds is 3. The Morgan fingerprint density at radius 1 is 1.14 bits per heavy atom. The molecule has 0 unspecified atom stereocenters. The Balaban J connectivity index is 2.37. The number of benzene rings is 1. The molecular weight excluding hydrogens is 172 g/mol. The SMILES string of the molecule is CCCc1ccnn1-c1ccccc1. The molecule has 0 bridgehead atoms. The van der Waals surface area contributed by atoms with Crippen LogP contribution < -0.4 is 0 Å². The summed E-state index contributed by atoms with van der Waals surface area (Å²) in [7, 11) is 0. The summed E-state index contributed by atoms with van der Waals surface area (Å²) in [5, 5.41) is 4.32. The standard InChI is InChI=1S/C12H14N2/c1-2-6-11-9-10-13-14(11)12-7-4-3-5-8-12/h3-5,7-10H,2,6H2,1H3. The van der Waals surface area contributed by atoms with E-state index in [1.165, 1.54) is 5.69 Å². The van der Waals surface area contributed by atoms with Crippen LogP contribution in [0.15, 0.2) is 42.6 Å². The van der Waals surface area contributed by atoms with Crippen molar-refractivity contribution in [2.24, 2.45) is 0 Å². The summed E-state index contributed by atoms with van der Waals surface area (Å²) in [6.07, 6.45) is 4.09. The van der Waals surface area contributed by atoms with E-state index in [-0.39, 0.29) is 0 Å². The van der Waals surface area contributed by atoms with E-state index in [0.717, 1.165) is 18.5 Å². The van der Waals surface area contributed by atoms with Gasteiger partial charge in [0.15, 0.2) is 0 Å². The Kier molecular flexibility index (Phi) is 2.63. The predicted octanol–water partition coefficient (Wildman–Crippen LogP) is 2.82. The van der Waals surface area contributed by atoms with Crippen molar-refractivity contribution in [3.63, 3.8) is 0 Å². The highest BCUT2D eigenvalue weighted by Gasteiger charge is 2.02. The van der Waals surface area contributed by atoms with Crippen molar-refractivity contribution in [2.75, 3.05) is 0 Å². The zero-order chi connectivity index (χ0) is 9.80. The Morgan fingerprint density at radius 2 is 1.93 bits per heavy atom. The summed E-state index contributed by atoms with van der Waals surface area (Å²) in [6, 6.07) is 12.3. The summed E-state index contributed by atoms with van der Waals surface area (Å²) in [4.78, 5) is 0. The highest BCUT2D eigenvalue weighted by molar-refractivity contribution is 5.32. The lowest BCUT2D eigenvalue weighted by atomic mass is 10.2. The predicted molar refractivity (Wildman–Crippen MR) is 57.6 cm³/mol. The van der Waals surface area contributed by atoms with Crippen molar-refractivity contribution in [2.45, 2.75) is 19.8 Å². The molecule has 0 N–H and O–H groups in total. The normalized spacial score (nSPS) is 10.4. The molecule has 72 valence electrons. The zero-order valence-corrected chi connectivity index (χ0v) is 8.35. The molecule has 2 heteroatoms. The molecule has 0 saturated carbocycles. The first-order chi connectivity index (χ1) is 6.92. The Bertz CT molecular complexity index is 390. The maximum absolute atomic E-state index is 4.32. The third kappa shape index (κ3) is 1.69. The summed E-state index contributed by atoms with van der Waals surface area (Å²) in [5.41, 5.74) is 2.42. The summed E-state index contributed by atoms with van der Waals surface area (Å²) in [6.45, 7) is 2.18. The number of hydrogen-bond donors (Lipinski definition) is 0. The van der Waals surface area contributed by atoms with Gasteiger partial charge in [-0.05, 0) is 24.6 Å². The van der Waals surface area contributed by atoms with Crippen molar-refractivity contribution >= 4 is 0 Å². The van der Waals surface area contributed by atoms with Crippen LogP contribution in [0, 0.1) is 0 Å². The zero-order valence-electron chi connectivity index (χ0n) is 8.35. The number of hydrogen-bond acceptors (Lipinski definition) is 1. The first-order valence-electron chi connectivity index (χ1n) is 5.00. The molecule has 1 heterocycles. The third-order valence-electron chi connectivity index (χ3n) is 2.23. The molecule has 0 saturated heterocycles. The van der Waals surface area contributed by atoms with Crippen LogP contribution in [-0.4, -0.2) is 9.78 Å². The minimum Gasteiger partial charge on any atom is -0.238 e. The van der Waals surface area contributed by atoms with Crippen LogP contribution in [0.25, 0.3) is 5.69 Å². The van der Waals surface area contributed by atoms with E-state index in [1.54, 1.807) is 0 Å². The van der Waals surface area contributed by atoms with Gasteiger partial charge in [0.1, 0.15) is 0 Å². The maximum atomic E-state index is 4.32. The molecule has 0 atom stereocenters. The fraction of sp³-hybridized carbons (Fsp3) is 0.250. The van der Waals surface area contributed by atoms with Crippen LogP contribution in [-0.2, 0) is 6.42 Å². The molecule has 0 spiro atoms. The van der Waals surface area contributed by atoms with Gasteiger partial charge in [-0.3, -0.25) is 0 Å². The second-order valence-electron chi connectivity index (χ2n) is 3.32. The average Bonchev–Trinajstić information content (AvgIpc) is 2.68. The third-order valence-corrected chi connectivity index (χ3v) is 2.23. The second-order valence-corrected chi connectivity index (χ2v) is 3.32.